The van der Waals surface area contributed by atoms with E-state index in [2.05, 4.69) is 0 Å². The van der Waals surface area contributed by atoms with Crippen molar-refractivity contribution in [3.05, 3.63) is 0 Å². The number of nitriles is 1. The van der Waals surface area contributed by atoms with Crippen LogP contribution >= 0.6 is 0 Å². The summed E-state index contributed by atoms with van der Waals surface area (Å²) in [5.41, 5.74) is 0. The van der Waals surface area contributed by atoms with E-state index in [1.807, 2.05) is 0 Å². The minimum atomic E-state index is 0. The molecule has 0 aliphatic rings. The Balaban J connectivity index is 0. The van der Waals surface area contributed by atoms with Gasteiger partial charge in [-0.15, -0.1) is 0 Å². The van der Waals surface area contributed by atoms with Crippen molar-refractivity contribution in [1.29, 1.82) is 5.26 Å². The van der Waals surface area contributed by atoms with E-state index in [4.69, 9.17) is 5.26 Å². The van der Waals surface area contributed by atoms with E-state index in [0.717, 1.165) is 0 Å². The van der Waals surface area contributed by atoms with Crippen molar-refractivity contribution in [2.24, 2.45) is 0 Å². The molecule has 0 aromatic carbocycles. The molecule has 0 saturated carbocycles. The molecule has 2 heteroatoms. The average Bonchev–Trinajstić information content (AvgIpc) is 0.918. The van der Waals surface area contributed by atoms with Crippen LogP contribution in [0.1, 0.15) is 6.92 Å². The fraction of sp³-hybridized carbons (Fsp3) is 0.500. The first kappa shape index (κ1) is 8.86. The Morgan fingerprint density at radius 1 is 1.75 bits per heavy atom. The molecule has 0 N–H and O–H groups in total. The molecule has 0 aliphatic carbocycles. The molecule has 2 radical (unpaired) electrons. The molecule has 0 unspecified atom stereocenters. The molecule has 0 bridgehead atoms. The summed E-state index contributed by atoms with van der Waals surface area (Å²) in [6, 6.07) is 1.75. The molecular weight excluding hydrogens is 166 g/mol. The molecule has 0 aromatic heterocycles. The van der Waals surface area contributed by atoms with Crippen LogP contribution < -0.4 is 0 Å². The standard InChI is InChI=1S/C2H3N.Te/c1-2-3;/h1H3;. The number of rotatable bonds is 0. The fourth-order valence-electron chi connectivity index (χ4n) is 0. The third-order valence-electron chi connectivity index (χ3n) is 0. The Labute approximate surface area is 42.3 Å². The van der Waals surface area contributed by atoms with Crippen molar-refractivity contribution in [1.82, 2.24) is 0 Å². The predicted octanol–water partition coefficient (Wildman–Crippen LogP) is 0.149. The van der Waals surface area contributed by atoms with E-state index >= 15 is 0 Å². The quantitative estimate of drug-likeness (QED) is 0.473. The molecule has 0 spiro atoms. The maximum atomic E-state index is 7.32. The first-order valence-electron chi connectivity index (χ1n) is 0.724. The van der Waals surface area contributed by atoms with Gasteiger partial charge in [-0.25, -0.2) is 0 Å². The maximum absolute atomic E-state index is 7.32. The van der Waals surface area contributed by atoms with Crippen LogP contribution in [0.5, 0.6) is 0 Å². The molecule has 0 rings (SSSR count). The van der Waals surface area contributed by atoms with Gasteiger partial charge in [-0.05, 0) is 0 Å². The molecule has 1 nitrogen and oxygen atoms in total. The van der Waals surface area contributed by atoms with E-state index < -0.39 is 0 Å². The van der Waals surface area contributed by atoms with Crippen molar-refractivity contribution in [3.63, 3.8) is 0 Å². The van der Waals surface area contributed by atoms with E-state index in [1.54, 1.807) is 6.07 Å². The number of hydrogen-bond acceptors (Lipinski definition) is 1. The van der Waals surface area contributed by atoms with E-state index in [9.17, 15) is 0 Å². The van der Waals surface area contributed by atoms with Gasteiger partial charge >= 0.3 is 0 Å². The summed E-state index contributed by atoms with van der Waals surface area (Å²) in [5, 5.41) is 7.32. The van der Waals surface area contributed by atoms with Crippen molar-refractivity contribution in [2.75, 3.05) is 0 Å². The number of hydrogen-bond donors (Lipinski definition) is 0. The monoisotopic (exact) mass is 171 g/mol. The Bertz CT molecular complexity index is 27.5. The Morgan fingerprint density at radius 3 is 1.75 bits per heavy atom. The van der Waals surface area contributed by atoms with Gasteiger partial charge in [-0.1, -0.05) is 0 Å². The summed E-state index contributed by atoms with van der Waals surface area (Å²) in [7, 11) is 0. The van der Waals surface area contributed by atoms with Gasteiger partial charge in [0.15, 0.2) is 0 Å². The Morgan fingerprint density at radius 2 is 1.75 bits per heavy atom. The third kappa shape index (κ3) is 47.7. The fourth-order valence-corrected chi connectivity index (χ4v) is 0. The first-order valence-corrected chi connectivity index (χ1v) is 0.724. The van der Waals surface area contributed by atoms with Crippen molar-refractivity contribution in [3.8, 4) is 6.07 Å². The summed E-state index contributed by atoms with van der Waals surface area (Å²) in [6.07, 6.45) is 0. The van der Waals surface area contributed by atoms with Crippen molar-refractivity contribution < 1.29 is 0 Å². The second kappa shape index (κ2) is 10.4. The van der Waals surface area contributed by atoms with Crippen LogP contribution in [0.4, 0.5) is 0 Å². The third-order valence-corrected chi connectivity index (χ3v) is 0. The van der Waals surface area contributed by atoms with Crippen LogP contribution in [-0.4, -0.2) is 23.7 Å². The van der Waals surface area contributed by atoms with Gasteiger partial charge in [0, 0.05) is 30.6 Å². The van der Waals surface area contributed by atoms with Gasteiger partial charge in [0.1, 0.15) is 0 Å². The Hall–Kier alpha value is 0.280. The molecule has 4 heavy (non-hydrogen) atoms. The molecular formula is C2H3NTe. The Kier molecular flexibility index (Phi) is 23.0. The topological polar surface area (TPSA) is 23.8 Å². The van der Waals surface area contributed by atoms with Crippen LogP contribution in [0, 0.1) is 11.3 Å². The second-order valence-electron chi connectivity index (χ2n) is 0.224. The summed E-state index contributed by atoms with van der Waals surface area (Å²) >= 11 is 0. The van der Waals surface area contributed by atoms with Gasteiger partial charge in [0.05, 0.1) is 6.07 Å². The number of nitrogens with zero attached hydrogens (tertiary/aromatic N) is 1. The van der Waals surface area contributed by atoms with Gasteiger partial charge in [-0.2, -0.15) is 5.26 Å². The summed E-state index contributed by atoms with van der Waals surface area (Å²) in [5.74, 6) is 0. The average molecular weight is 169 g/mol. The SMILES string of the molecule is CC#N.[Te]. The van der Waals surface area contributed by atoms with Crippen LogP contribution in [0.3, 0.4) is 0 Å². The zero-order chi connectivity index (χ0) is 2.71. The van der Waals surface area contributed by atoms with E-state index in [0.29, 0.717) is 0 Å². The minimum Gasteiger partial charge on any atom is -0.199 e. The van der Waals surface area contributed by atoms with E-state index in [1.165, 1.54) is 6.92 Å². The molecule has 0 heterocycles. The molecule has 0 fully saturated rings. The minimum absolute atomic E-state index is 0. The zero-order valence-corrected chi connectivity index (χ0v) is 4.69. The molecule has 0 amide bonds. The summed E-state index contributed by atoms with van der Waals surface area (Å²) < 4.78 is 0. The maximum Gasteiger partial charge on any atom is 0.0587 e. The van der Waals surface area contributed by atoms with Crippen molar-refractivity contribution in [2.45, 2.75) is 6.92 Å². The predicted molar refractivity (Wildman–Crippen MR) is 17.0 cm³/mol. The van der Waals surface area contributed by atoms with Gasteiger partial charge in [-0.3, -0.25) is 0 Å². The molecule has 0 aliphatic heterocycles. The zero-order valence-electron chi connectivity index (χ0n) is 2.36. The van der Waals surface area contributed by atoms with Crippen LogP contribution in [0.25, 0.3) is 0 Å². The molecule has 0 saturated heterocycles. The van der Waals surface area contributed by atoms with Crippen LogP contribution in [-0.2, 0) is 0 Å². The summed E-state index contributed by atoms with van der Waals surface area (Å²) in [4.78, 5) is 0. The smallest absolute Gasteiger partial charge is 0.0587 e. The van der Waals surface area contributed by atoms with Crippen LogP contribution in [0.2, 0.25) is 0 Å². The summed E-state index contributed by atoms with van der Waals surface area (Å²) in [6.45, 7) is 1.43. The van der Waals surface area contributed by atoms with Gasteiger partial charge in [0.2, 0.25) is 0 Å². The largest absolute Gasteiger partial charge is 0.199 e. The first-order chi connectivity index (χ1) is 1.41. The van der Waals surface area contributed by atoms with E-state index in [-0.39, 0.29) is 23.7 Å². The second-order valence-corrected chi connectivity index (χ2v) is 0.224. The van der Waals surface area contributed by atoms with Gasteiger partial charge in [0.25, 0.3) is 0 Å². The molecule has 22 valence electrons. The normalized spacial score (nSPS) is 2.00. The van der Waals surface area contributed by atoms with Crippen LogP contribution in [0.15, 0.2) is 0 Å². The molecule has 0 aromatic rings. The molecule has 0 atom stereocenters. The van der Waals surface area contributed by atoms with Crippen molar-refractivity contribution >= 4 is 23.7 Å². The van der Waals surface area contributed by atoms with Gasteiger partial charge < -0.3 is 0 Å².